The number of nitrogens with one attached hydrogen (secondary N) is 2. The third-order valence-electron chi connectivity index (χ3n) is 6.99. The molecule has 2 aromatic carbocycles. The van der Waals surface area contributed by atoms with Crippen LogP contribution in [0.15, 0.2) is 54.6 Å². The van der Waals surface area contributed by atoms with Gasteiger partial charge in [0, 0.05) is 18.1 Å². The van der Waals surface area contributed by atoms with Crippen LogP contribution in [0.4, 0.5) is 0 Å². The molecule has 1 aliphatic carbocycles. The van der Waals surface area contributed by atoms with Crippen molar-refractivity contribution in [2.45, 2.75) is 56.2 Å². The van der Waals surface area contributed by atoms with Gasteiger partial charge in [0.15, 0.2) is 0 Å². The average molecular weight is 528 g/mol. The standard InChI is InChI=1S/C28H37N3O3S2/c1-34-24-14-12-21(13-15-24)16-29-27(33)25(18-35-17-22-8-4-2-5-9-22)31(20-32)26-19-36-28(30-26)23-10-6-3-7-11-23/h3,6-7,10-15,20,22,25-26,28,30H,2,4-5,8-9,16-19H2,1H3,(H,29,33)/t25-,26+,28?/m0/s1. The summed E-state index contributed by atoms with van der Waals surface area (Å²) in [7, 11) is 1.64. The molecule has 0 radical (unpaired) electrons. The van der Waals surface area contributed by atoms with E-state index < -0.39 is 6.04 Å². The van der Waals surface area contributed by atoms with E-state index in [0.29, 0.717) is 12.3 Å². The second kappa shape index (κ2) is 14.0. The zero-order valence-electron chi connectivity index (χ0n) is 20.9. The van der Waals surface area contributed by atoms with Crippen molar-refractivity contribution in [1.29, 1.82) is 0 Å². The molecule has 0 aromatic heterocycles. The Morgan fingerprint density at radius 1 is 1.17 bits per heavy atom. The third kappa shape index (κ3) is 7.43. The summed E-state index contributed by atoms with van der Waals surface area (Å²) in [6, 6.07) is 17.4. The Labute approximate surface area is 223 Å². The summed E-state index contributed by atoms with van der Waals surface area (Å²) < 4.78 is 5.23. The quantitative estimate of drug-likeness (QED) is 0.386. The van der Waals surface area contributed by atoms with Gasteiger partial charge in [-0.05, 0) is 47.8 Å². The molecule has 0 bridgehead atoms. The fourth-order valence-corrected chi connectivity index (χ4v) is 7.46. The van der Waals surface area contributed by atoms with Crippen LogP contribution in [0.1, 0.15) is 48.6 Å². The van der Waals surface area contributed by atoms with Gasteiger partial charge in [-0.3, -0.25) is 14.9 Å². The van der Waals surface area contributed by atoms with Gasteiger partial charge in [-0.1, -0.05) is 61.7 Å². The molecule has 2 aromatic rings. The first-order chi connectivity index (χ1) is 17.7. The molecule has 3 atom stereocenters. The number of carbonyl (C=O) groups excluding carboxylic acids is 2. The van der Waals surface area contributed by atoms with E-state index in [1.54, 1.807) is 23.8 Å². The van der Waals surface area contributed by atoms with Gasteiger partial charge in [0.25, 0.3) is 0 Å². The van der Waals surface area contributed by atoms with Crippen molar-refractivity contribution in [1.82, 2.24) is 15.5 Å². The SMILES string of the molecule is COc1ccc(CNC(=O)[C@H](CSCC2CCCCC2)N(C=O)[C@@H]2CSC(c3ccccc3)N2)cc1. The van der Waals surface area contributed by atoms with E-state index in [4.69, 9.17) is 4.74 Å². The van der Waals surface area contributed by atoms with Crippen LogP contribution in [-0.2, 0) is 16.1 Å². The van der Waals surface area contributed by atoms with Gasteiger partial charge in [0.05, 0.1) is 18.6 Å². The Morgan fingerprint density at radius 3 is 2.61 bits per heavy atom. The number of methoxy groups -OCH3 is 1. The zero-order chi connectivity index (χ0) is 25.2. The highest BCUT2D eigenvalue weighted by atomic mass is 32.2. The fourth-order valence-electron chi connectivity index (χ4n) is 4.86. The summed E-state index contributed by atoms with van der Waals surface area (Å²) in [5.41, 5.74) is 2.18. The van der Waals surface area contributed by atoms with E-state index in [0.717, 1.165) is 35.1 Å². The number of nitrogens with zero attached hydrogens (tertiary/aromatic N) is 1. The number of carbonyl (C=O) groups is 2. The second-order valence-electron chi connectivity index (χ2n) is 9.48. The summed E-state index contributed by atoms with van der Waals surface area (Å²) in [4.78, 5) is 27.5. The van der Waals surface area contributed by atoms with E-state index in [9.17, 15) is 9.59 Å². The molecule has 1 saturated heterocycles. The van der Waals surface area contributed by atoms with Crippen molar-refractivity contribution in [3.8, 4) is 5.75 Å². The minimum atomic E-state index is -0.526. The molecule has 1 heterocycles. The Hall–Kier alpha value is -2.16. The molecule has 6 nitrogen and oxygen atoms in total. The van der Waals surface area contributed by atoms with Crippen LogP contribution < -0.4 is 15.4 Å². The Bertz CT molecular complexity index is 954. The van der Waals surface area contributed by atoms with Crippen molar-refractivity contribution in [3.63, 3.8) is 0 Å². The van der Waals surface area contributed by atoms with Crippen molar-refractivity contribution in [2.75, 3.05) is 24.4 Å². The van der Waals surface area contributed by atoms with Gasteiger partial charge < -0.3 is 15.0 Å². The highest BCUT2D eigenvalue weighted by Gasteiger charge is 2.36. The van der Waals surface area contributed by atoms with Gasteiger partial charge in [-0.15, -0.1) is 11.8 Å². The van der Waals surface area contributed by atoms with Crippen LogP contribution in [0, 0.1) is 5.92 Å². The highest BCUT2D eigenvalue weighted by Crippen LogP contribution is 2.34. The topological polar surface area (TPSA) is 70.7 Å². The van der Waals surface area contributed by atoms with Gasteiger partial charge in [0.2, 0.25) is 12.3 Å². The van der Waals surface area contributed by atoms with Gasteiger partial charge in [0.1, 0.15) is 11.8 Å². The Morgan fingerprint density at radius 2 is 1.92 bits per heavy atom. The maximum atomic E-state index is 13.4. The van der Waals surface area contributed by atoms with Gasteiger partial charge >= 0.3 is 0 Å². The summed E-state index contributed by atoms with van der Waals surface area (Å²) in [6.45, 7) is 0.415. The predicted octanol–water partition coefficient (Wildman–Crippen LogP) is 4.81. The maximum absolute atomic E-state index is 13.4. The van der Waals surface area contributed by atoms with Crippen LogP contribution in [-0.4, -0.2) is 53.8 Å². The average Bonchev–Trinajstić information content (AvgIpc) is 3.42. The molecule has 8 heteroatoms. The fraction of sp³-hybridized carbons (Fsp3) is 0.500. The van der Waals surface area contributed by atoms with Crippen molar-refractivity contribution in [3.05, 3.63) is 65.7 Å². The van der Waals surface area contributed by atoms with E-state index >= 15 is 0 Å². The van der Waals surface area contributed by atoms with E-state index in [2.05, 4.69) is 22.8 Å². The molecule has 36 heavy (non-hydrogen) atoms. The van der Waals surface area contributed by atoms with Crippen molar-refractivity contribution in [2.24, 2.45) is 5.92 Å². The first-order valence-electron chi connectivity index (χ1n) is 12.8. The smallest absolute Gasteiger partial charge is 0.243 e. The summed E-state index contributed by atoms with van der Waals surface area (Å²) in [5.74, 6) is 3.79. The second-order valence-corrected chi connectivity index (χ2v) is 11.7. The van der Waals surface area contributed by atoms with Gasteiger partial charge in [-0.2, -0.15) is 11.8 Å². The number of benzene rings is 2. The molecule has 2 fully saturated rings. The first kappa shape index (κ1) is 26.9. The van der Waals surface area contributed by atoms with Crippen LogP contribution in [0.25, 0.3) is 0 Å². The molecule has 4 rings (SSSR count). The normalized spacial score (nSPS) is 21.0. The first-order valence-corrected chi connectivity index (χ1v) is 15.0. The number of amides is 2. The van der Waals surface area contributed by atoms with Crippen LogP contribution in [0.3, 0.4) is 0 Å². The predicted molar refractivity (Wildman–Crippen MR) is 149 cm³/mol. The van der Waals surface area contributed by atoms with Crippen molar-refractivity contribution < 1.29 is 14.3 Å². The molecule has 194 valence electrons. The third-order valence-corrected chi connectivity index (χ3v) is 9.50. The molecule has 2 aliphatic rings. The van der Waals surface area contributed by atoms with Gasteiger partial charge in [-0.25, -0.2) is 0 Å². The number of hydrogen-bond donors (Lipinski definition) is 2. The maximum Gasteiger partial charge on any atom is 0.243 e. The lowest BCUT2D eigenvalue weighted by atomic mass is 9.91. The molecule has 1 aliphatic heterocycles. The van der Waals surface area contributed by atoms with Crippen LogP contribution >= 0.6 is 23.5 Å². The number of rotatable bonds is 12. The lowest BCUT2D eigenvalue weighted by Gasteiger charge is -2.33. The lowest BCUT2D eigenvalue weighted by molar-refractivity contribution is -0.134. The minimum absolute atomic E-state index is 0.107. The monoisotopic (exact) mass is 527 g/mol. The lowest BCUT2D eigenvalue weighted by Crippen LogP contribution is -2.55. The number of thioether (sulfide) groups is 2. The summed E-state index contributed by atoms with van der Waals surface area (Å²) >= 11 is 3.58. The molecular weight excluding hydrogens is 490 g/mol. The van der Waals surface area contributed by atoms with Crippen LogP contribution in [0.2, 0.25) is 0 Å². The molecule has 1 unspecified atom stereocenters. The van der Waals surface area contributed by atoms with E-state index in [1.807, 2.05) is 54.2 Å². The summed E-state index contributed by atoms with van der Waals surface area (Å²) in [5, 5.41) is 6.76. The molecule has 2 amide bonds. The van der Waals surface area contributed by atoms with Crippen LogP contribution in [0.5, 0.6) is 5.75 Å². The molecule has 2 N–H and O–H groups in total. The van der Waals surface area contributed by atoms with E-state index in [1.165, 1.54) is 37.7 Å². The minimum Gasteiger partial charge on any atom is -0.497 e. The molecule has 1 saturated carbocycles. The molecule has 0 spiro atoms. The van der Waals surface area contributed by atoms with Crippen molar-refractivity contribution >= 4 is 35.8 Å². The zero-order valence-corrected chi connectivity index (χ0v) is 22.6. The highest BCUT2D eigenvalue weighted by molar-refractivity contribution is 7.99. The molecular formula is C28H37N3O3S2. The number of ether oxygens (including phenoxy) is 1. The van der Waals surface area contributed by atoms with E-state index in [-0.39, 0.29) is 17.4 Å². The Kier molecular flexibility index (Phi) is 10.4. The summed E-state index contributed by atoms with van der Waals surface area (Å²) in [6.07, 6.45) is 7.17. The largest absolute Gasteiger partial charge is 0.497 e. The Balaban J connectivity index is 1.41. The number of hydrogen-bond acceptors (Lipinski definition) is 6.